The first-order valence-corrected chi connectivity index (χ1v) is 5.83. The van der Waals surface area contributed by atoms with E-state index in [-0.39, 0.29) is 5.56 Å². The number of hydrogen-bond acceptors (Lipinski definition) is 5. The maximum Gasteiger partial charge on any atom is 0.282 e. The maximum absolute atomic E-state index is 12.0. The van der Waals surface area contributed by atoms with E-state index in [9.17, 15) is 4.79 Å². The van der Waals surface area contributed by atoms with Gasteiger partial charge in [0.2, 0.25) is 0 Å². The van der Waals surface area contributed by atoms with Crippen molar-refractivity contribution in [3.63, 3.8) is 0 Å². The summed E-state index contributed by atoms with van der Waals surface area (Å²) in [5, 5.41) is 3.82. The van der Waals surface area contributed by atoms with E-state index in [4.69, 9.17) is 0 Å². The van der Waals surface area contributed by atoms with Gasteiger partial charge in [0.15, 0.2) is 10.3 Å². The first-order valence-electron chi connectivity index (χ1n) is 5.05. The van der Waals surface area contributed by atoms with E-state index in [0.717, 1.165) is 12.8 Å². The highest BCUT2D eigenvalue weighted by Gasteiger charge is 2.19. The summed E-state index contributed by atoms with van der Waals surface area (Å²) in [6.07, 6.45) is 6.19. The average Bonchev–Trinajstić information content (AvgIpc) is 2.87. The third-order valence-corrected chi connectivity index (χ3v) is 3.56. The van der Waals surface area contributed by atoms with Gasteiger partial charge >= 0.3 is 0 Å². The summed E-state index contributed by atoms with van der Waals surface area (Å²) in [5.74, 6) is 0. The summed E-state index contributed by atoms with van der Waals surface area (Å²) in [6, 6.07) is 0.316. The molecule has 5 nitrogen and oxygen atoms in total. The largest absolute Gasteiger partial charge is 0.294 e. The Morgan fingerprint density at radius 3 is 3.00 bits per heavy atom. The van der Waals surface area contributed by atoms with E-state index in [1.807, 2.05) is 0 Å². The average molecular weight is 222 g/mol. The second-order valence-electron chi connectivity index (χ2n) is 3.82. The molecule has 1 aliphatic rings. The summed E-state index contributed by atoms with van der Waals surface area (Å²) < 4.78 is 5.46. The van der Waals surface area contributed by atoms with Gasteiger partial charge in [-0.3, -0.25) is 9.36 Å². The van der Waals surface area contributed by atoms with Crippen molar-refractivity contribution in [3.05, 3.63) is 16.7 Å². The molecule has 0 aliphatic heterocycles. The standard InChI is InChI=1S/C9H10N4OS/c14-9-7-8(15-12-11-7)10-5-13(9)6-3-1-2-4-6/h5-6H,1-4H2. The molecule has 2 aromatic rings. The highest BCUT2D eigenvalue weighted by molar-refractivity contribution is 7.12. The van der Waals surface area contributed by atoms with Gasteiger partial charge in [-0.25, -0.2) is 4.98 Å². The molecule has 0 aromatic carbocycles. The minimum Gasteiger partial charge on any atom is -0.294 e. The summed E-state index contributed by atoms with van der Waals surface area (Å²) in [4.78, 5) is 16.8. The SMILES string of the molecule is O=c1c2nnsc2ncn1C1CCCC1. The predicted octanol–water partition coefficient (Wildman–Crippen LogP) is 1.36. The third-order valence-electron chi connectivity index (χ3n) is 2.93. The van der Waals surface area contributed by atoms with Crippen molar-refractivity contribution in [2.75, 3.05) is 0 Å². The normalized spacial score (nSPS) is 17.6. The second-order valence-corrected chi connectivity index (χ2v) is 4.55. The summed E-state index contributed by atoms with van der Waals surface area (Å²) >= 11 is 1.17. The van der Waals surface area contributed by atoms with Crippen LogP contribution in [0.4, 0.5) is 0 Å². The lowest BCUT2D eigenvalue weighted by Crippen LogP contribution is -2.23. The van der Waals surface area contributed by atoms with Crippen LogP contribution in [-0.2, 0) is 0 Å². The van der Waals surface area contributed by atoms with Crippen LogP contribution in [0.15, 0.2) is 11.1 Å². The van der Waals surface area contributed by atoms with Crippen LogP contribution in [0.25, 0.3) is 10.3 Å². The molecule has 1 saturated carbocycles. The fraction of sp³-hybridized carbons (Fsp3) is 0.556. The molecular weight excluding hydrogens is 212 g/mol. The van der Waals surface area contributed by atoms with Crippen molar-refractivity contribution < 1.29 is 0 Å². The smallest absolute Gasteiger partial charge is 0.282 e. The molecule has 0 saturated heterocycles. The Balaban J connectivity index is 2.18. The van der Waals surface area contributed by atoms with Crippen molar-refractivity contribution in [2.45, 2.75) is 31.7 Å². The third kappa shape index (κ3) is 1.36. The number of aromatic nitrogens is 4. The van der Waals surface area contributed by atoms with Gasteiger partial charge in [-0.05, 0) is 12.8 Å². The first-order chi connectivity index (χ1) is 7.36. The van der Waals surface area contributed by atoms with Gasteiger partial charge in [-0.2, -0.15) is 0 Å². The van der Waals surface area contributed by atoms with Gasteiger partial charge < -0.3 is 0 Å². The van der Waals surface area contributed by atoms with Crippen LogP contribution in [0.2, 0.25) is 0 Å². The molecule has 2 heterocycles. The lowest BCUT2D eigenvalue weighted by molar-refractivity contribution is 0.498. The zero-order chi connectivity index (χ0) is 10.3. The van der Waals surface area contributed by atoms with Crippen LogP contribution in [-0.4, -0.2) is 19.1 Å². The zero-order valence-corrected chi connectivity index (χ0v) is 8.90. The Morgan fingerprint density at radius 2 is 2.20 bits per heavy atom. The van der Waals surface area contributed by atoms with Crippen molar-refractivity contribution in [1.82, 2.24) is 19.1 Å². The summed E-state index contributed by atoms with van der Waals surface area (Å²) in [7, 11) is 0. The predicted molar refractivity (Wildman–Crippen MR) is 57.0 cm³/mol. The quantitative estimate of drug-likeness (QED) is 0.731. The molecule has 0 radical (unpaired) electrons. The van der Waals surface area contributed by atoms with Crippen LogP contribution in [0.3, 0.4) is 0 Å². The van der Waals surface area contributed by atoms with Gasteiger partial charge in [0.25, 0.3) is 5.56 Å². The van der Waals surface area contributed by atoms with Crippen molar-refractivity contribution in [3.8, 4) is 0 Å². The molecule has 0 bridgehead atoms. The van der Waals surface area contributed by atoms with Crippen molar-refractivity contribution in [2.24, 2.45) is 0 Å². The monoisotopic (exact) mass is 222 g/mol. The zero-order valence-electron chi connectivity index (χ0n) is 8.09. The highest BCUT2D eigenvalue weighted by Crippen LogP contribution is 2.28. The van der Waals surface area contributed by atoms with Crippen LogP contribution < -0.4 is 5.56 Å². The molecule has 0 unspecified atom stereocenters. The molecule has 3 rings (SSSR count). The van der Waals surface area contributed by atoms with E-state index in [2.05, 4.69) is 14.6 Å². The Hall–Kier alpha value is -1.30. The minimum absolute atomic E-state index is 0.0411. The minimum atomic E-state index is -0.0411. The fourth-order valence-electron chi connectivity index (χ4n) is 2.14. The molecule has 0 spiro atoms. The number of rotatable bonds is 1. The van der Waals surface area contributed by atoms with Gasteiger partial charge in [0.05, 0.1) is 6.33 Å². The van der Waals surface area contributed by atoms with E-state index < -0.39 is 0 Å². The molecule has 0 N–H and O–H groups in total. The molecule has 2 aromatic heterocycles. The summed E-state index contributed by atoms with van der Waals surface area (Å²) in [5.41, 5.74) is 0.370. The molecule has 6 heteroatoms. The summed E-state index contributed by atoms with van der Waals surface area (Å²) in [6.45, 7) is 0. The molecule has 15 heavy (non-hydrogen) atoms. The number of hydrogen-bond donors (Lipinski definition) is 0. The molecular formula is C9H10N4OS. The van der Waals surface area contributed by atoms with Gasteiger partial charge in [-0.1, -0.05) is 17.3 Å². The van der Waals surface area contributed by atoms with Crippen molar-refractivity contribution in [1.29, 1.82) is 0 Å². The fourth-order valence-corrected chi connectivity index (χ4v) is 2.65. The topological polar surface area (TPSA) is 60.7 Å². The molecule has 1 aliphatic carbocycles. The molecule has 1 fully saturated rings. The lowest BCUT2D eigenvalue weighted by atomic mass is 10.2. The van der Waals surface area contributed by atoms with Gasteiger partial charge in [0.1, 0.15) is 0 Å². The second kappa shape index (κ2) is 3.37. The lowest BCUT2D eigenvalue weighted by Gasteiger charge is -2.11. The van der Waals surface area contributed by atoms with Crippen LogP contribution in [0.1, 0.15) is 31.7 Å². The molecule has 0 atom stereocenters. The maximum atomic E-state index is 12.0. The van der Waals surface area contributed by atoms with E-state index >= 15 is 0 Å². The first kappa shape index (κ1) is 8.96. The number of nitrogens with zero attached hydrogens (tertiary/aromatic N) is 4. The van der Waals surface area contributed by atoms with E-state index in [1.165, 1.54) is 24.4 Å². The molecule has 0 amide bonds. The highest BCUT2D eigenvalue weighted by atomic mass is 32.1. The van der Waals surface area contributed by atoms with Crippen LogP contribution in [0, 0.1) is 0 Å². The van der Waals surface area contributed by atoms with Crippen LogP contribution in [0.5, 0.6) is 0 Å². The molecule has 78 valence electrons. The van der Waals surface area contributed by atoms with Gasteiger partial charge in [-0.15, -0.1) is 5.10 Å². The van der Waals surface area contributed by atoms with Gasteiger partial charge in [0, 0.05) is 17.6 Å². The van der Waals surface area contributed by atoms with Crippen LogP contribution >= 0.6 is 11.5 Å². The number of fused-ring (bicyclic) bond motifs is 1. The van der Waals surface area contributed by atoms with E-state index in [0.29, 0.717) is 16.4 Å². The Morgan fingerprint density at radius 1 is 1.40 bits per heavy atom. The Kier molecular flexibility index (Phi) is 2.02. The van der Waals surface area contributed by atoms with E-state index in [1.54, 1.807) is 10.9 Å². The Labute approximate surface area is 89.9 Å². The Bertz CT molecular complexity index is 540. The van der Waals surface area contributed by atoms with Crippen molar-refractivity contribution >= 4 is 21.9 Å².